The summed E-state index contributed by atoms with van der Waals surface area (Å²) in [4.78, 5) is 20.5. The fraction of sp³-hybridized carbons (Fsp3) is 0.192. The van der Waals surface area contributed by atoms with Gasteiger partial charge in [0.2, 0.25) is 11.6 Å². The SMILES string of the molecule is COc1cc2nccc(Oc3c(F)cc(NC(=O)c4cnccc4OC)c(F)c3F)c2cc1OC(C)CO. The van der Waals surface area contributed by atoms with Gasteiger partial charge in [-0.2, -0.15) is 4.39 Å². The summed E-state index contributed by atoms with van der Waals surface area (Å²) in [6.07, 6.45) is 3.29. The summed E-state index contributed by atoms with van der Waals surface area (Å²) in [5.74, 6) is -5.81. The molecule has 0 fully saturated rings. The van der Waals surface area contributed by atoms with Crippen LogP contribution in [-0.2, 0) is 0 Å². The zero-order valence-electron chi connectivity index (χ0n) is 20.4. The second kappa shape index (κ2) is 11.2. The highest BCUT2D eigenvalue weighted by Gasteiger charge is 2.24. The van der Waals surface area contributed by atoms with E-state index in [-0.39, 0.29) is 34.8 Å². The largest absolute Gasteiger partial charge is 0.496 e. The summed E-state index contributed by atoms with van der Waals surface area (Å²) in [5.41, 5.74) is -0.483. The number of halogens is 3. The average Bonchev–Trinajstić information content (AvgIpc) is 2.93. The molecule has 198 valence electrons. The van der Waals surface area contributed by atoms with Crippen molar-refractivity contribution in [3.05, 3.63) is 71.9 Å². The van der Waals surface area contributed by atoms with Crippen LogP contribution >= 0.6 is 0 Å². The van der Waals surface area contributed by atoms with E-state index in [1.165, 1.54) is 57.1 Å². The summed E-state index contributed by atoms with van der Waals surface area (Å²) in [6, 6.07) is 6.30. The minimum absolute atomic E-state index is 0.0618. The fourth-order valence-electron chi connectivity index (χ4n) is 3.52. The zero-order chi connectivity index (χ0) is 27.4. The maximum Gasteiger partial charge on any atom is 0.261 e. The first kappa shape index (κ1) is 26.5. The van der Waals surface area contributed by atoms with E-state index in [1.807, 2.05) is 0 Å². The molecule has 0 aliphatic rings. The van der Waals surface area contributed by atoms with E-state index < -0.39 is 40.9 Å². The molecule has 2 N–H and O–H groups in total. The number of hydrogen-bond acceptors (Lipinski definition) is 8. The Bertz CT molecular complexity index is 1500. The van der Waals surface area contributed by atoms with E-state index in [4.69, 9.17) is 18.9 Å². The lowest BCUT2D eigenvalue weighted by atomic mass is 10.1. The Labute approximate surface area is 214 Å². The molecule has 4 rings (SSSR count). The first-order valence-corrected chi connectivity index (χ1v) is 11.2. The number of fused-ring (bicyclic) bond motifs is 1. The lowest BCUT2D eigenvalue weighted by Crippen LogP contribution is -2.16. The molecule has 1 unspecified atom stereocenters. The number of anilines is 1. The van der Waals surface area contributed by atoms with Crippen LogP contribution < -0.4 is 24.3 Å². The van der Waals surface area contributed by atoms with E-state index in [9.17, 15) is 18.7 Å². The summed E-state index contributed by atoms with van der Waals surface area (Å²) >= 11 is 0. The number of aliphatic hydroxyl groups excluding tert-OH is 1. The van der Waals surface area contributed by atoms with Crippen LogP contribution in [0, 0.1) is 17.5 Å². The molecule has 0 aliphatic heterocycles. The summed E-state index contributed by atoms with van der Waals surface area (Å²) in [7, 11) is 2.73. The van der Waals surface area contributed by atoms with Gasteiger partial charge in [-0.3, -0.25) is 14.8 Å². The lowest BCUT2D eigenvalue weighted by Gasteiger charge is -2.17. The first-order valence-electron chi connectivity index (χ1n) is 11.2. The Morgan fingerprint density at radius 3 is 2.45 bits per heavy atom. The maximum absolute atomic E-state index is 15.0. The van der Waals surface area contributed by atoms with E-state index in [1.54, 1.807) is 6.92 Å². The third-order valence-corrected chi connectivity index (χ3v) is 5.39. The van der Waals surface area contributed by atoms with Crippen LogP contribution in [-0.4, -0.2) is 47.9 Å². The average molecular weight is 529 g/mol. The number of aromatic nitrogens is 2. The highest BCUT2D eigenvalue weighted by molar-refractivity contribution is 6.06. The number of rotatable bonds is 9. The molecule has 0 bridgehead atoms. The Balaban J connectivity index is 1.69. The number of benzene rings is 2. The molecule has 0 radical (unpaired) electrons. The number of aliphatic hydroxyl groups is 1. The highest BCUT2D eigenvalue weighted by atomic mass is 19.2. The molecule has 2 heterocycles. The van der Waals surface area contributed by atoms with Gasteiger partial charge in [-0.1, -0.05) is 0 Å². The van der Waals surface area contributed by atoms with E-state index in [0.717, 1.165) is 0 Å². The number of amides is 1. The van der Waals surface area contributed by atoms with E-state index in [0.29, 0.717) is 17.3 Å². The van der Waals surface area contributed by atoms with Crippen molar-refractivity contribution in [3.63, 3.8) is 0 Å². The standard InChI is InChI=1S/C26H22F3N3O6/c1-13(12-33)37-22-8-14-17(10-21(22)36-3)31-7-5-20(14)38-25-16(27)9-18(23(28)24(25)29)32-26(34)15-11-30-6-4-19(15)35-2/h4-11,13,33H,12H2,1-3H3,(H,32,34). The van der Waals surface area contributed by atoms with Gasteiger partial charge in [0.05, 0.1) is 37.6 Å². The zero-order valence-corrected chi connectivity index (χ0v) is 20.4. The second-order valence-corrected chi connectivity index (χ2v) is 7.94. The van der Waals surface area contributed by atoms with Crippen LogP contribution in [0.5, 0.6) is 28.7 Å². The van der Waals surface area contributed by atoms with Gasteiger partial charge in [0, 0.05) is 36.1 Å². The normalized spacial score (nSPS) is 11.7. The molecule has 2 aromatic heterocycles. The Morgan fingerprint density at radius 1 is 1.00 bits per heavy atom. The third kappa shape index (κ3) is 5.25. The summed E-state index contributed by atoms with van der Waals surface area (Å²) < 4.78 is 66.4. The number of carbonyl (C=O) groups excluding carboxylic acids is 1. The van der Waals surface area contributed by atoms with Crippen molar-refractivity contribution in [1.29, 1.82) is 0 Å². The predicted molar refractivity (Wildman–Crippen MR) is 131 cm³/mol. The van der Waals surface area contributed by atoms with Crippen molar-refractivity contribution >= 4 is 22.5 Å². The number of carbonyl (C=O) groups is 1. The van der Waals surface area contributed by atoms with E-state index >= 15 is 4.39 Å². The van der Waals surface area contributed by atoms with E-state index in [2.05, 4.69) is 15.3 Å². The van der Waals surface area contributed by atoms with Gasteiger partial charge in [-0.15, -0.1) is 0 Å². The molecule has 2 aromatic carbocycles. The van der Waals surface area contributed by atoms with Crippen molar-refractivity contribution in [2.24, 2.45) is 0 Å². The molecule has 0 aliphatic carbocycles. The third-order valence-electron chi connectivity index (χ3n) is 5.39. The highest BCUT2D eigenvalue weighted by Crippen LogP contribution is 2.39. The monoisotopic (exact) mass is 529 g/mol. The molecule has 12 heteroatoms. The molecular weight excluding hydrogens is 507 g/mol. The van der Waals surface area contributed by atoms with Crippen molar-refractivity contribution < 1.29 is 42.0 Å². The number of hydrogen-bond donors (Lipinski definition) is 2. The van der Waals surface area contributed by atoms with Gasteiger partial charge < -0.3 is 29.4 Å². The summed E-state index contributed by atoms with van der Waals surface area (Å²) in [5, 5.41) is 11.7. The van der Waals surface area contributed by atoms with Gasteiger partial charge in [0.15, 0.2) is 23.1 Å². The molecule has 1 atom stereocenters. The molecule has 0 saturated heterocycles. The minimum atomic E-state index is -1.66. The van der Waals surface area contributed by atoms with Gasteiger partial charge in [0.25, 0.3) is 5.91 Å². The molecule has 9 nitrogen and oxygen atoms in total. The Morgan fingerprint density at radius 2 is 1.74 bits per heavy atom. The second-order valence-electron chi connectivity index (χ2n) is 7.94. The van der Waals surface area contributed by atoms with Gasteiger partial charge in [-0.05, 0) is 25.1 Å². The topological polar surface area (TPSA) is 112 Å². The van der Waals surface area contributed by atoms with Crippen molar-refractivity contribution in [2.75, 3.05) is 26.1 Å². The Hall–Kier alpha value is -4.58. The smallest absolute Gasteiger partial charge is 0.261 e. The maximum atomic E-state index is 15.0. The minimum Gasteiger partial charge on any atom is -0.496 e. The predicted octanol–water partition coefficient (Wildman–Crippen LogP) is 4.87. The molecule has 0 saturated carbocycles. The van der Waals surface area contributed by atoms with Crippen LogP contribution in [0.25, 0.3) is 10.9 Å². The van der Waals surface area contributed by atoms with Gasteiger partial charge in [-0.25, -0.2) is 8.78 Å². The lowest BCUT2D eigenvalue weighted by molar-refractivity contribution is 0.102. The van der Waals surface area contributed by atoms with Crippen LogP contribution in [0.2, 0.25) is 0 Å². The van der Waals surface area contributed by atoms with Gasteiger partial charge in [0.1, 0.15) is 17.6 Å². The quantitative estimate of drug-likeness (QED) is 0.296. The van der Waals surface area contributed by atoms with Crippen LogP contribution in [0.15, 0.2) is 48.9 Å². The number of nitrogens with zero attached hydrogens (tertiary/aromatic N) is 2. The first-order chi connectivity index (χ1) is 18.3. The van der Waals surface area contributed by atoms with Crippen LogP contribution in [0.3, 0.4) is 0 Å². The molecule has 0 spiro atoms. The van der Waals surface area contributed by atoms with Crippen LogP contribution in [0.1, 0.15) is 17.3 Å². The number of methoxy groups -OCH3 is 2. The molecule has 4 aromatic rings. The van der Waals surface area contributed by atoms with Gasteiger partial charge >= 0.3 is 0 Å². The number of ether oxygens (including phenoxy) is 4. The van der Waals surface area contributed by atoms with Crippen molar-refractivity contribution in [3.8, 4) is 28.7 Å². The Kier molecular flexibility index (Phi) is 7.82. The van der Waals surface area contributed by atoms with Crippen molar-refractivity contribution in [1.82, 2.24) is 9.97 Å². The number of nitrogens with one attached hydrogen (secondary N) is 1. The number of pyridine rings is 2. The fourth-order valence-corrected chi connectivity index (χ4v) is 3.52. The molecule has 38 heavy (non-hydrogen) atoms. The summed E-state index contributed by atoms with van der Waals surface area (Å²) in [6.45, 7) is 1.35. The molecular formula is C26H22F3N3O6. The van der Waals surface area contributed by atoms with Crippen molar-refractivity contribution in [2.45, 2.75) is 13.0 Å². The molecule has 1 amide bonds. The van der Waals surface area contributed by atoms with Crippen LogP contribution in [0.4, 0.5) is 18.9 Å².